The van der Waals surface area contributed by atoms with Crippen molar-refractivity contribution in [3.8, 4) is 0 Å². The van der Waals surface area contributed by atoms with Gasteiger partial charge < -0.3 is 4.74 Å². The van der Waals surface area contributed by atoms with E-state index in [1.54, 1.807) is 13.0 Å². The standard InChI is InChI=1S/C9H14O3/c1-3-5-8(10)7-12-9(11)6-4-2/h4,6H,3,5,7H2,1-2H3. The third kappa shape index (κ3) is 5.65. The lowest BCUT2D eigenvalue weighted by Gasteiger charge is -1.98. The van der Waals surface area contributed by atoms with Crippen molar-refractivity contribution in [2.24, 2.45) is 0 Å². The van der Waals surface area contributed by atoms with Crippen LogP contribution in [0.25, 0.3) is 0 Å². The van der Waals surface area contributed by atoms with E-state index in [-0.39, 0.29) is 12.4 Å². The van der Waals surface area contributed by atoms with Crippen LogP contribution in [0, 0.1) is 0 Å². The molecule has 3 nitrogen and oxygen atoms in total. The first-order valence-electron chi connectivity index (χ1n) is 4.01. The number of ketones is 1. The highest BCUT2D eigenvalue weighted by molar-refractivity contribution is 5.86. The molecule has 0 saturated heterocycles. The molecule has 0 heterocycles. The molecule has 3 heteroatoms. The molecule has 0 fully saturated rings. The molecule has 0 aliphatic heterocycles. The molecular weight excluding hydrogens is 156 g/mol. The number of Topliss-reactive ketones (excluding diaryl/α,β-unsaturated/α-hetero) is 1. The zero-order valence-electron chi connectivity index (χ0n) is 7.50. The molecule has 0 aromatic rings. The molecule has 0 bridgehead atoms. The van der Waals surface area contributed by atoms with Crippen molar-refractivity contribution < 1.29 is 14.3 Å². The Hall–Kier alpha value is -1.12. The van der Waals surface area contributed by atoms with Crippen LogP contribution in [0.3, 0.4) is 0 Å². The summed E-state index contributed by atoms with van der Waals surface area (Å²) in [6.07, 6.45) is 4.13. The van der Waals surface area contributed by atoms with Gasteiger partial charge in [-0.05, 0) is 13.3 Å². The van der Waals surface area contributed by atoms with Crippen LogP contribution in [-0.2, 0) is 14.3 Å². The maximum atomic E-state index is 10.9. The van der Waals surface area contributed by atoms with Crippen molar-refractivity contribution >= 4 is 11.8 Å². The topological polar surface area (TPSA) is 43.4 Å². The lowest BCUT2D eigenvalue weighted by Crippen LogP contribution is -2.11. The van der Waals surface area contributed by atoms with Gasteiger partial charge >= 0.3 is 5.97 Å². The van der Waals surface area contributed by atoms with Gasteiger partial charge in [0.15, 0.2) is 5.78 Å². The van der Waals surface area contributed by atoms with Crippen molar-refractivity contribution in [2.45, 2.75) is 26.7 Å². The summed E-state index contributed by atoms with van der Waals surface area (Å²) in [5, 5.41) is 0. The predicted octanol–water partition coefficient (Wildman–Crippen LogP) is 1.47. The third-order valence-electron chi connectivity index (χ3n) is 1.21. The molecule has 0 radical (unpaired) electrons. The van der Waals surface area contributed by atoms with Gasteiger partial charge in [-0.15, -0.1) is 0 Å². The Morgan fingerprint density at radius 3 is 2.58 bits per heavy atom. The first-order chi connectivity index (χ1) is 5.70. The van der Waals surface area contributed by atoms with E-state index >= 15 is 0 Å². The molecule has 0 amide bonds. The molecule has 0 spiro atoms. The van der Waals surface area contributed by atoms with Crippen LogP contribution in [0.4, 0.5) is 0 Å². The van der Waals surface area contributed by atoms with Gasteiger partial charge in [0.25, 0.3) is 0 Å². The third-order valence-corrected chi connectivity index (χ3v) is 1.21. The van der Waals surface area contributed by atoms with Crippen LogP contribution in [0.2, 0.25) is 0 Å². The summed E-state index contributed by atoms with van der Waals surface area (Å²) in [5.41, 5.74) is 0. The summed E-state index contributed by atoms with van der Waals surface area (Å²) in [4.78, 5) is 21.5. The smallest absolute Gasteiger partial charge is 0.330 e. The molecule has 0 saturated carbocycles. The zero-order valence-corrected chi connectivity index (χ0v) is 7.50. The van der Waals surface area contributed by atoms with E-state index in [0.717, 1.165) is 6.42 Å². The number of hydrogen-bond donors (Lipinski definition) is 0. The van der Waals surface area contributed by atoms with E-state index in [1.807, 2.05) is 6.92 Å². The molecule has 0 N–H and O–H groups in total. The molecule has 0 aliphatic rings. The lowest BCUT2D eigenvalue weighted by atomic mass is 10.2. The Bertz CT molecular complexity index is 182. The second kappa shape index (κ2) is 6.58. The number of ether oxygens (including phenoxy) is 1. The van der Waals surface area contributed by atoms with Crippen LogP contribution in [0.1, 0.15) is 26.7 Å². The number of carbonyl (C=O) groups is 2. The van der Waals surface area contributed by atoms with E-state index in [9.17, 15) is 9.59 Å². The minimum absolute atomic E-state index is 0.0321. The number of hydrogen-bond acceptors (Lipinski definition) is 3. The van der Waals surface area contributed by atoms with Crippen molar-refractivity contribution in [1.29, 1.82) is 0 Å². The van der Waals surface area contributed by atoms with Gasteiger partial charge in [-0.3, -0.25) is 4.79 Å². The normalized spacial score (nSPS) is 10.2. The maximum absolute atomic E-state index is 10.9. The summed E-state index contributed by atoms with van der Waals surface area (Å²) < 4.78 is 4.62. The second-order valence-corrected chi connectivity index (χ2v) is 2.40. The summed E-state index contributed by atoms with van der Waals surface area (Å²) >= 11 is 0. The van der Waals surface area contributed by atoms with Crippen LogP contribution in [0.15, 0.2) is 12.2 Å². The minimum atomic E-state index is -0.457. The summed E-state index contributed by atoms with van der Waals surface area (Å²) in [7, 11) is 0. The fourth-order valence-corrected chi connectivity index (χ4v) is 0.687. The first-order valence-corrected chi connectivity index (χ1v) is 4.01. The summed E-state index contributed by atoms with van der Waals surface area (Å²) in [6.45, 7) is 3.53. The van der Waals surface area contributed by atoms with Gasteiger partial charge in [0, 0.05) is 12.5 Å². The maximum Gasteiger partial charge on any atom is 0.330 e. The largest absolute Gasteiger partial charge is 0.455 e. The lowest BCUT2D eigenvalue weighted by molar-refractivity contribution is -0.143. The summed E-state index contributed by atoms with van der Waals surface area (Å²) in [5.74, 6) is -0.489. The zero-order chi connectivity index (χ0) is 9.40. The van der Waals surface area contributed by atoms with E-state index in [1.165, 1.54) is 6.08 Å². The Balaban J connectivity index is 3.54. The van der Waals surface area contributed by atoms with E-state index in [0.29, 0.717) is 6.42 Å². The SMILES string of the molecule is CC=CC(=O)OCC(=O)CCC. The van der Waals surface area contributed by atoms with Crippen LogP contribution in [-0.4, -0.2) is 18.4 Å². The van der Waals surface area contributed by atoms with Crippen molar-refractivity contribution in [1.82, 2.24) is 0 Å². The van der Waals surface area contributed by atoms with E-state index in [4.69, 9.17) is 0 Å². The molecule has 0 unspecified atom stereocenters. The van der Waals surface area contributed by atoms with Crippen LogP contribution < -0.4 is 0 Å². The van der Waals surface area contributed by atoms with Crippen LogP contribution >= 0.6 is 0 Å². The van der Waals surface area contributed by atoms with Gasteiger partial charge in [-0.25, -0.2) is 4.79 Å². The van der Waals surface area contributed by atoms with Gasteiger partial charge in [0.05, 0.1) is 0 Å². The van der Waals surface area contributed by atoms with Gasteiger partial charge in [0.2, 0.25) is 0 Å². The Morgan fingerprint density at radius 1 is 1.42 bits per heavy atom. The number of carbonyl (C=O) groups excluding carboxylic acids is 2. The van der Waals surface area contributed by atoms with Crippen molar-refractivity contribution in [3.63, 3.8) is 0 Å². The first kappa shape index (κ1) is 10.9. The van der Waals surface area contributed by atoms with Gasteiger partial charge in [-0.1, -0.05) is 13.0 Å². The highest BCUT2D eigenvalue weighted by Crippen LogP contribution is 1.90. The summed E-state index contributed by atoms with van der Waals surface area (Å²) in [6, 6.07) is 0. The molecule has 12 heavy (non-hydrogen) atoms. The molecule has 0 aromatic carbocycles. The molecule has 68 valence electrons. The molecule has 0 rings (SSSR count). The fraction of sp³-hybridized carbons (Fsp3) is 0.556. The molecule has 0 aliphatic carbocycles. The number of allylic oxidation sites excluding steroid dienone is 1. The average molecular weight is 170 g/mol. The van der Waals surface area contributed by atoms with E-state index < -0.39 is 5.97 Å². The molecular formula is C9H14O3. The van der Waals surface area contributed by atoms with Gasteiger partial charge in [-0.2, -0.15) is 0 Å². The number of esters is 1. The Labute approximate surface area is 72.4 Å². The van der Waals surface area contributed by atoms with Crippen molar-refractivity contribution in [2.75, 3.05) is 6.61 Å². The minimum Gasteiger partial charge on any atom is -0.455 e. The average Bonchev–Trinajstić information content (AvgIpc) is 2.02. The fourth-order valence-electron chi connectivity index (χ4n) is 0.687. The van der Waals surface area contributed by atoms with Crippen LogP contribution in [0.5, 0.6) is 0 Å². The highest BCUT2D eigenvalue weighted by atomic mass is 16.5. The number of rotatable bonds is 5. The Morgan fingerprint density at radius 2 is 2.08 bits per heavy atom. The molecule has 0 atom stereocenters. The second-order valence-electron chi connectivity index (χ2n) is 2.40. The Kier molecular flexibility index (Phi) is 5.97. The molecule has 0 aromatic heterocycles. The monoisotopic (exact) mass is 170 g/mol. The highest BCUT2D eigenvalue weighted by Gasteiger charge is 2.02. The quantitative estimate of drug-likeness (QED) is 0.463. The van der Waals surface area contributed by atoms with Gasteiger partial charge in [0.1, 0.15) is 6.61 Å². The van der Waals surface area contributed by atoms with E-state index in [2.05, 4.69) is 4.74 Å². The predicted molar refractivity (Wildman–Crippen MR) is 45.7 cm³/mol. The van der Waals surface area contributed by atoms with Crippen molar-refractivity contribution in [3.05, 3.63) is 12.2 Å².